The molecule has 0 fully saturated rings. The van der Waals surface area contributed by atoms with E-state index in [0.717, 1.165) is 0 Å². The lowest BCUT2D eigenvalue weighted by atomic mass is 10.4. The van der Waals surface area contributed by atoms with Crippen LogP contribution in [0.4, 0.5) is 4.79 Å². The monoisotopic (exact) mass is 226 g/mol. The Morgan fingerprint density at radius 2 is 1.54 bits per heavy atom. The Morgan fingerprint density at radius 3 is 1.54 bits per heavy atom. The molecule has 0 heterocycles. The number of hydrogen-bond donors (Lipinski definition) is 3. The van der Waals surface area contributed by atoms with Crippen LogP contribution in [0, 0.1) is 0 Å². The standard InChI is InChI=1S/C4H10.C2H5NOS.CH3NOS/c1-3-4-2;1-4-2(3)5;2-1(3)4/h3-4H2,1-2H3;1H3,(H2,3,5);(H3,2,3,4). The van der Waals surface area contributed by atoms with Gasteiger partial charge in [-0.15, -0.1) is 0 Å². The molecule has 6 heteroatoms. The molecule has 4 nitrogen and oxygen atoms in total. The topological polar surface area (TPSA) is 78.3 Å². The van der Waals surface area contributed by atoms with Crippen LogP contribution in [0.2, 0.25) is 0 Å². The van der Waals surface area contributed by atoms with Gasteiger partial charge in [-0.25, -0.2) is 0 Å². The predicted molar refractivity (Wildman–Crippen MR) is 62.9 cm³/mol. The van der Waals surface area contributed by atoms with E-state index in [9.17, 15) is 0 Å². The highest BCUT2D eigenvalue weighted by Gasteiger charge is 1.69. The van der Waals surface area contributed by atoms with Crippen LogP contribution in [0.1, 0.15) is 26.7 Å². The summed E-state index contributed by atoms with van der Waals surface area (Å²) in [6.45, 7) is 4.36. The van der Waals surface area contributed by atoms with Crippen LogP contribution < -0.4 is 11.5 Å². The van der Waals surface area contributed by atoms with Gasteiger partial charge in [0.25, 0.3) is 10.4 Å². The van der Waals surface area contributed by atoms with Gasteiger partial charge in [0, 0.05) is 0 Å². The Morgan fingerprint density at radius 1 is 1.38 bits per heavy atom. The molecule has 80 valence electrons. The summed E-state index contributed by atoms with van der Waals surface area (Å²) in [6.07, 6.45) is 2.64. The average Bonchev–Trinajstić information content (AvgIpc) is 2.04. The fourth-order valence-electron chi connectivity index (χ4n) is 0. The molecule has 4 N–H and O–H groups in total. The summed E-state index contributed by atoms with van der Waals surface area (Å²) >= 11 is 7.36. The van der Waals surface area contributed by atoms with Crippen LogP contribution in [-0.4, -0.2) is 17.5 Å². The second-order valence-corrected chi connectivity index (χ2v) is 2.70. The fraction of sp³-hybridized carbons (Fsp3) is 0.714. The molecule has 0 aliphatic carbocycles. The van der Waals surface area contributed by atoms with Crippen molar-refractivity contribution in [2.45, 2.75) is 26.7 Å². The van der Waals surface area contributed by atoms with E-state index in [4.69, 9.17) is 10.5 Å². The van der Waals surface area contributed by atoms with Gasteiger partial charge in [0.15, 0.2) is 0 Å². The van der Waals surface area contributed by atoms with E-state index in [-0.39, 0.29) is 5.17 Å². The first kappa shape index (κ1) is 18.3. The second kappa shape index (κ2) is 17.6. The Balaban J connectivity index is -0.000000117. The third kappa shape index (κ3) is 165. The average molecular weight is 226 g/mol. The molecule has 0 rings (SSSR count). The normalized spacial score (nSPS) is 6.77. The zero-order valence-corrected chi connectivity index (χ0v) is 9.95. The third-order valence-corrected chi connectivity index (χ3v) is 0.868. The number of thiol groups is 1. The number of carbonyl (C=O) groups is 1. The first-order chi connectivity index (χ1) is 5.92. The van der Waals surface area contributed by atoms with Crippen molar-refractivity contribution < 1.29 is 9.53 Å². The van der Waals surface area contributed by atoms with E-state index in [1.807, 2.05) is 0 Å². The summed E-state index contributed by atoms with van der Waals surface area (Å²) in [4.78, 5) is 9.09. The Hall–Kier alpha value is -0.490. The van der Waals surface area contributed by atoms with E-state index in [0.29, 0.717) is 0 Å². The van der Waals surface area contributed by atoms with E-state index >= 15 is 0 Å². The number of nitrogens with two attached hydrogens (primary N) is 2. The summed E-state index contributed by atoms with van der Waals surface area (Å²) < 4.78 is 4.26. The molecule has 0 aromatic heterocycles. The van der Waals surface area contributed by atoms with Gasteiger partial charge in [-0.3, -0.25) is 4.79 Å². The molecule has 0 spiro atoms. The molecule has 0 unspecified atom stereocenters. The minimum atomic E-state index is -0.639. The van der Waals surface area contributed by atoms with Crippen LogP contribution in [-0.2, 0) is 4.74 Å². The smallest absolute Gasteiger partial charge is 0.273 e. The van der Waals surface area contributed by atoms with Crippen molar-refractivity contribution >= 4 is 35.3 Å². The van der Waals surface area contributed by atoms with Gasteiger partial charge in [0.05, 0.1) is 7.11 Å². The molecule has 1 amide bonds. The van der Waals surface area contributed by atoms with Crippen molar-refractivity contribution in [3.63, 3.8) is 0 Å². The van der Waals surface area contributed by atoms with Crippen LogP contribution in [0.3, 0.4) is 0 Å². The van der Waals surface area contributed by atoms with Crippen molar-refractivity contribution in [2.75, 3.05) is 7.11 Å². The molecule has 13 heavy (non-hydrogen) atoms. The molecule has 0 saturated heterocycles. The summed E-state index contributed by atoms with van der Waals surface area (Å²) in [7, 11) is 1.43. The lowest BCUT2D eigenvalue weighted by Crippen LogP contribution is -2.08. The number of rotatable bonds is 1. The van der Waals surface area contributed by atoms with E-state index in [1.165, 1.54) is 20.0 Å². The zero-order chi connectivity index (χ0) is 11.3. The molecule has 0 aliphatic rings. The van der Waals surface area contributed by atoms with Gasteiger partial charge < -0.3 is 16.2 Å². The maximum Gasteiger partial charge on any atom is 0.273 e. The van der Waals surface area contributed by atoms with Crippen molar-refractivity contribution in [1.29, 1.82) is 0 Å². The number of amides is 1. The number of hydrogen-bond acceptors (Lipinski definition) is 3. The molecule has 0 aromatic carbocycles. The lowest BCUT2D eigenvalue weighted by molar-refractivity contribution is 0.267. The maximum absolute atomic E-state index is 9.09. The minimum absolute atomic E-state index is 0.0880. The van der Waals surface area contributed by atoms with E-state index < -0.39 is 5.24 Å². The number of unbranched alkanes of at least 4 members (excludes halogenated alkanes) is 1. The number of ether oxygens (including phenoxy) is 1. The minimum Gasteiger partial charge on any atom is -0.475 e. The first-order valence-corrected chi connectivity index (χ1v) is 4.59. The van der Waals surface area contributed by atoms with E-state index in [2.05, 4.69) is 49.2 Å². The highest BCUT2D eigenvalue weighted by molar-refractivity contribution is 7.96. The second-order valence-electron chi connectivity index (χ2n) is 1.86. The van der Waals surface area contributed by atoms with Crippen LogP contribution in [0.5, 0.6) is 0 Å². The predicted octanol–water partition coefficient (Wildman–Crippen LogP) is 1.68. The first-order valence-electron chi connectivity index (χ1n) is 3.74. The summed E-state index contributed by atoms with van der Waals surface area (Å²) in [5.74, 6) is 0. The van der Waals surface area contributed by atoms with Gasteiger partial charge in [-0.2, -0.15) is 0 Å². The summed E-state index contributed by atoms with van der Waals surface area (Å²) in [5, 5.41) is -0.551. The lowest BCUT2D eigenvalue weighted by Gasteiger charge is -1.85. The van der Waals surface area contributed by atoms with Crippen molar-refractivity contribution in [3.8, 4) is 0 Å². The quantitative estimate of drug-likeness (QED) is 0.469. The molecule has 0 radical (unpaired) electrons. The fourth-order valence-corrected chi connectivity index (χ4v) is 0. The van der Waals surface area contributed by atoms with E-state index in [1.54, 1.807) is 0 Å². The number of primary amides is 1. The summed E-state index contributed by atoms with van der Waals surface area (Å²) in [6, 6.07) is 0. The SMILES string of the molecule is CCCC.COC(N)=S.NC(=O)S. The van der Waals surface area contributed by atoms with Crippen LogP contribution >= 0.6 is 24.8 Å². The molecule has 0 bridgehead atoms. The van der Waals surface area contributed by atoms with Crippen LogP contribution in [0.15, 0.2) is 0 Å². The highest BCUT2D eigenvalue weighted by atomic mass is 32.1. The summed E-state index contributed by atoms with van der Waals surface area (Å²) in [5.41, 5.74) is 9.14. The molecule has 0 atom stereocenters. The Labute approximate surface area is 90.4 Å². The van der Waals surface area contributed by atoms with Gasteiger partial charge >= 0.3 is 0 Å². The Kier molecular flexibility index (Phi) is 24.7. The number of methoxy groups -OCH3 is 1. The Bertz CT molecular complexity index is 126. The molecular weight excluding hydrogens is 208 g/mol. The van der Waals surface area contributed by atoms with Gasteiger partial charge in [-0.1, -0.05) is 39.3 Å². The third-order valence-electron chi connectivity index (χ3n) is 0.701. The molecular formula is C7H18N2O2S2. The highest BCUT2D eigenvalue weighted by Crippen LogP contribution is 1.76. The number of carbonyl (C=O) groups excluding carboxylic acids is 1. The number of thiocarbonyl (C=S) groups is 1. The molecule has 0 saturated carbocycles. The van der Waals surface area contributed by atoms with Crippen molar-refractivity contribution in [2.24, 2.45) is 11.5 Å². The maximum atomic E-state index is 9.09. The van der Waals surface area contributed by atoms with Gasteiger partial charge in [0.1, 0.15) is 0 Å². The van der Waals surface area contributed by atoms with Crippen molar-refractivity contribution in [1.82, 2.24) is 0 Å². The zero-order valence-electron chi connectivity index (χ0n) is 8.24. The van der Waals surface area contributed by atoms with Crippen molar-refractivity contribution in [3.05, 3.63) is 0 Å². The van der Waals surface area contributed by atoms with Gasteiger partial charge in [0.2, 0.25) is 0 Å². The van der Waals surface area contributed by atoms with Crippen LogP contribution in [0.25, 0.3) is 0 Å². The molecule has 0 aromatic rings. The van der Waals surface area contributed by atoms with Gasteiger partial charge in [-0.05, 0) is 12.2 Å². The largest absolute Gasteiger partial charge is 0.475 e. The molecule has 0 aliphatic heterocycles.